The number of nitrogens with one attached hydrogen (secondary N) is 1. The first-order valence-corrected chi connectivity index (χ1v) is 10.9. The first kappa shape index (κ1) is 29.1. The molecule has 0 saturated carbocycles. The van der Waals surface area contributed by atoms with Gasteiger partial charge in [0.1, 0.15) is 23.9 Å². The van der Waals surface area contributed by atoms with Gasteiger partial charge in [-0.05, 0) is 43.7 Å². The van der Waals surface area contributed by atoms with Crippen LogP contribution in [0.25, 0.3) is 0 Å². The lowest BCUT2D eigenvalue weighted by atomic mass is 10.2. The van der Waals surface area contributed by atoms with Gasteiger partial charge in [-0.1, -0.05) is 6.08 Å². The normalized spacial score (nSPS) is 9.91. The molecule has 0 aliphatic rings. The summed E-state index contributed by atoms with van der Waals surface area (Å²) in [5.41, 5.74) is 5.46. The zero-order chi connectivity index (χ0) is 26.5. The Bertz CT molecular complexity index is 1100. The number of ketones is 1. The number of nitrogens with two attached hydrogens (primary N) is 1. The maximum absolute atomic E-state index is 14.0. The Labute approximate surface area is 204 Å². The number of carboxylic acid groups (broad SMARTS) is 1. The predicted molar refractivity (Wildman–Crippen MR) is 126 cm³/mol. The summed E-state index contributed by atoms with van der Waals surface area (Å²) < 4.78 is 29.8. The average Bonchev–Trinajstić information content (AvgIpc) is 3.27. The van der Waals surface area contributed by atoms with Crippen molar-refractivity contribution in [1.82, 2.24) is 4.90 Å². The van der Waals surface area contributed by atoms with Crippen molar-refractivity contribution >= 4 is 40.8 Å². The van der Waals surface area contributed by atoms with Gasteiger partial charge >= 0.3 is 11.9 Å². The van der Waals surface area contributed by atoms with Gasteiger partial charge < -0.3 is 20.5 Å². The first-order chi connectivity index (χ1) is 16.5. The van der Waals surface area contributed by atoms with Crippen molar-refractivity contribution in [2.24, 2.45) is 5.73 Å². The van der Waals surface area contributed by atoms with E-state index in [-0.39, 0.29) is 40.9 Å². The molecule has 0 unspecified atom stereocenters. The van der Waals surface area contributed by atoms with E-state index in [1.807, 2.05) is 0 Å². The van der Waals surface area contributed by atoms with Crippen LogP contribution in [-0.2, 0) is 20.8 Å². The Morgan fingerprint density at radius 3 is 2.43 bits per heavy atom. The van der Waals surface area contributed by atoms with Crippen molar-refractivity contribution in [3.8, 4) is 5.75 Å². The van der Waals surface area contributed by atoms with Crippen LogP contribution in [0.1, 0.15) is 33.5 Å². The maximum atomic E-state index is 14.0. The van der Waals surface area contributed by atoms with Crippen LogP contribution in [0.5, 0.6) is 5.75 Å². The van der Waals surface area contributed by atoms with Crippen molar-refractivity contribution in [2.45, 2.75) is 19.8 Å². The van der Waals surface area contributed by atoms with Crippen LogP contribution in [-0.4, -0.2) is 59.2 Å². The van der Waals surface area contributed by atoms with Crippen LogP contribution >= 0.6 is 11.3 Å². The number of amidine groups is 1. The molecule has 0 spiro atoms. The lowest BCUT2D eigenvalue weighted by molar-refractivity contribution is -0.144. The molecule has 9 nitrogen and oxygen atoms in total. The molecule has 0 radical (unpaired) electrons. The number of hydrogen-bond donors (Lipinski definition) is 3. The van der Waals surface area contributed by atoms with Gasteiger partial charge in [0.25, 0.3) is 0 Å². The molecule has 1 aromatic heterocycles. The summed E-state index contributed by atoms with van der Waals surface area (Å²) in [5, 5.41) is 16.1. The molecule has 0 aliphatic carbocycles. The summed E-state index contributed by atoms with van der Waals surface area (Å²) in [6.07, 6.45) is 1.82. The van der Waals surface area contributed by atoms with E-state index in [2.05, 4.69) is 6.58 Å². The number of esters is 1. The molecule has 12 heteroatoms. The van der Waals surface area contributed by atoms with Crippen molar-refractivity contribution in [3.05, 3.63) is 64.1 Å². The molecule has 1 heterocycles. The van der Waals surface area contributed by atoms with Crippen LogP contribution in [0.15, 0.2) is 43.0 Å². The molecule has 0 saturated heterocycles. The summed E-state index contributed by atoms with van der Waals surface area (Å²) >= 11 is 1.10. The van der Waals surface area contributed by atoms with Gasteiger partial charge in [-0.2, -0.15) is 0 Å². The summed E-state index contributed by atoms with van der Waals surface area (Å²) in [6, 6.07) is 6.74. The van der Waals surface area contributed by atoms with Gasteiger partial charge in [-0.25, -0.2) is 13.6 Å². The van der Waals surface area contributed by atoms with Crippen LogP contribution < -0.4 is 10.5 Å². The number of aryl methyl sites for hydroxylation is 1. The van der Waals surface area contributed by atoms with Gasteiger partial charge in [-0.15, -0.1) is 17.9 Å². The van der Waals surface area contributed by atoms with Crippen molar-refractivity contribution in [3.63, 3.8) is 0 Å². The maximum Gasteiger partial charge on any atom is 0.353 e. The highest BCUT2D eigenvalue weighted by Crippen LogP contribution is 2.23. The van der Waals surface area contributed by atoms with E-state index in [1.54, 1.807) is 6.07 Å². The molecule has 1 amide bonds. The van der Waals surface area contributed by atoms with Crippen molar-refractivity contribution in [2.75, 3.05) is 19.8 Å². The summed E-state index contributed by atoms with van der Waals surface area (Å²) in [4.78, 5) is 46.9. The largest absolute Gasteiger partial charge is 0.480 e. The van der Waals surface area contributed by atoms with Gasteiger partial charge in [0.2, 0.25) is 5.91 Å². The van der Waals surface area contributed by atoms with E-state index in [0.29, 0.717) is 6.42 Å². The number of Topliss-reactive ketones (excluding diaryl/α,β-unsaturated/α-hetero) is 1. The second-order valence-corrected chi connectivity index (χ2v) is 8.18. The first-order valence-electron chi connectivity index (χ1n) is 10.1. The number of alkyl halides is 1. The Hall–Kier alpha value is -3.93. The number of hydrogen-bond acceptors (Lipinski definition) is 7. The third kappa shape index (κ3) is 10.3. The molecular formula is C23H25F2N3O6S. The summed E-state index contributed by atoms with van der Waals surface area (Å²) in [5.74, 6) is -4.05. The lowest BCUT2D eigenvalue weighted by Gasteiger charge is -2.18. The zero-order valence-corrected chi connectivity index (χ0v) is 19.7. The molecule has 0 fully saturated rings. The van der Waals surface area contributed by atoms with Gasteiger partial charge in [0.15, 0.2) is 17.3 Å². The number of benzene rings is 1. The molecule has 0 atom stereocenters. The van der Waals surface area contributed by atoms with E-state index in [4.69, 9.17) is 21.0 Å². The molecule has 0 bridgehead atoms. The molecule has 0 aliphatic heterocycles. The number of aliphatic carboxylic acids is 1. The second kappa shape index (κ2) is 14.4. The summed E-state index contributed by atoms with van der Waals surface area (Å²) in [6.45, 7) is 3.59. The quantitative estimate of drug-likeness (QED) is 0.138. The monoisotopic (exact) mass is 509 g/mol. The third-order valence-electron chi connectivity index (χ3n) is 4.11. The zero-order valence-electron chi connectivity index (χ0n) is 18.9. The number of nitrogen functional groups attached to an aromatic ring is 1. The number of nitrogens with zero attached hydrogens (tertiary/aromatic N) is 1. The fourth-order valence-corrected chi connectivity index (χ4v) is 3.37. The van der Waals surface area contributed by atoms with E-state index < -0.39 is 36.8 Å². The fraction of sp³-hybridized carbons (Fsp3) is 0.261. The minimum Gasteiger partial charge on any atom is -0.480 e. The molecule has 1 aromatic carbocycles. The number of carboxylic acids is 1. The topological polar surface area (TPSA) is 151 Å². The number of halogens is 2. The molecule has 4 N–H and O–H groups in total. The van der Waals surface area contributed by atoms with E-state index in [0.717, 1.165) is 22.3 Å². The van der Waals surface area contributed by atoms with E-state index in [1.165, 1.54) is 36.1 Å². The Balaban J connectivity index is 0.00000111. The molecule has 2 rings (SSSR count). The lowest BCUT2D eigenvalue weighted by Crippen LogP contribution is -2.35. The number of rotatable bonds is 11. The van der Waals surface area contributed by atoms with E-state index >= 15 is 0 Å². The Morgan fingerprint density at radius 2 is 1.91 bits per heavy atom. The van der Waals surface area contributed by atoms with Gasteiger partial charge in [-0.3, -0.25) is 19.8 Å². The Kier molecular flexibility index (Phi) is 11.9. The van der Waals surface area contributed by atoms with Crippen LogP contribution in [0.3, 0.4) is 0 Å². The second-order valence-electron chi connectivity index (χ2n) is 7.01. The standard InChI is InChI=1S/C20H20FN3O5S.C3H5FO/c1-2-9-24(11-18(26)27)17(25)8-5-13-4-7-16(30-13)20(28)29-15-6-3-12(19(22)23)10-14(15)21;1-3(5)2-4/h2-4,6-7,10H,1,5,8-9,11H2,(H3,22,23)(H,26,27);2H2,1H3. The number of ether oxygens (including phenoxy) is 1. The number of carbonyl (C=O) groups is 4. The highest BCUT2D eigenvalue weighted by atomic mass is 32.1. The molecule has 35 heavy (non-hydrogen) atoms. The number of carbonyl (C=O) groups excluding carboxylic acids is 3. The van der Waals surface area contributed by atoms with Crippen molar-refractivity contribution < 1.29 is 37.8 Å². The molecule has 188 valence electrons. The van der Waals surface area contributed by atoms with Crippen LogP contribution in [0.4, 0.5) is 8.78 Å². The smallest absolute Gasteiger partial charge is 0.353 e. The van der Waals surface area contributed by atoms with Crippen LogP contribution in [0, 0.1) is 11.2 Å². The summed E-state index contributed by atoms with van der Waals surface area (Å²) in [7, 11) is 0. The third-order valence-corrected chi connectivity index (χ3v) is 5.24. The Morgan fingerprint density at radius 1 is 1.26 bits per heavy atom. The minimum atomic E-state index is -1.12. The SMILES string of the molecule is C=CCN(CC(=O)O)C(=O)CCc1ccc(C(=O)Oc2ccc(C(=N)N)cc2F)s1.CC(=O)CF. The average molecular weight is 510 g/mol. The number of amides is 1. The van der Waals surface area contributed by atoms with Gasteiger partial charge in [0.05, 0.1) is 0 Å². The van der Waals surface area contributed by atoms with E-state index in [9.17, 15) is 28.0 Å². The minimum absolute atomic E-state index is 0.0667. The molecular weight excluding hydrogens is 484 g/mol. The number of thiophene rings is 1. The fourth-order valence-electron chi connectivity index (χ4n) is 2.49. The van der Waals surface area contributed by atoms with Gasteiger partial charge in [0, 0.05) is 23.4 Å². The molecule has 2 aromatic rings. The highest BCUT2D eigenvalue weighted by molar-refractivity contribution is 7.13. The predicted octanol–water partition coefficient (Wildman–Crippen LogP) is 2.97. The van der Waals surface area contributed by atoms with Crippen LogP contribution in [0.2, 0.25) is 0 Å². The van der Waals surface area contributed by atoms with Crippen molar-refractivity contribution in [1.29, 1.82) is 5.41 Å². The highest BCUT2D eigenvalue weighted by Gasteiger charge is 2.18.